The summed E-state index contributed by atoms with van der Waals surface area (Å²) in [6, 6.07) is 13.3. The number of benzene rings is 2. The van der Waals surface area contributed by atoms with Crippen molar-refractivity contribution in [3.05, 3.63) is 66.1 Å². The fourth-order valence-corrected chi connectivity index (χ4v) is 3.12. The first-order valence-electron chi connectivity index (χ1n) is 8.34. The molecule has 5 heteroatoms. The van der Waals surface area contributed by atoms with E-state index in [1.54, 1.807) is 19.6 Å². The number of furan rings is 1. The molecule has 26 heavy (non-hydrogen) atoms. The molecule has 2 aromatic carbocycles. The standard InChI is InChI=1S/C21H18N2O3/c1-13-5-8-18(17-4-3-9-22-21(13)17)23-20(24)10-14-12-26-19-11-15(25-2)6-7-16(14)19/h3-9,11-12H,10H2,1-2H3,(H,23,24). The molecule has 0 aliphatic carbocycles. The predicted molar refractivity (Wildman–Crippen MR) is 102 cm³/mol. The number of carbonyl (C=O) groups is 1. The molecular weight excluding hydrogens is 328 g/mol. The maximum Gasteiger partial charge on any atom is 0.228 e. The Labute approximate surface area is 150 Å². The molecule has 0 saturated carbocycles. The third kappa shape index (κ3) is 2.88. The van der Waals surface area contributed by atoms with Gasteiger partial charge in [-0.1, -0.05) is 6.07 Å². The van der Waals surface area contributed by atoms with Crippen LogP contribution in [0.4, 0.5) is 5.69 Å². The van der Waals surface area contributed by atoms with Crippen molar-refractivity contribution < 1.29 is 13.9 Å². The molecule has 0 bridgehead atoms. The number of fused-ring (bicyclic) bond motifs is 2. The van der Waals surface area contributed by atoms with Crippen LogP contribution in [0, 0.1) is 6.92 Å². The monoisotopic (exact) mass is 346 g/mol. The smallest absolute Gasteiger partial charge is 0.228 e. The Morgan fingerprint density at radius 3 is 2.92 bits per heavy atom. The third-order valence-electron chi connectivity index (χ3n) is 4.46. The molecule has 4 rings (SSSR count). The number of ether oxygens (including phenoxy) is 1. The van der Waals surface area contributed by atoms with Crippen LogP contribution in [0.15, 0.2) is 59.3 Å². The lowest BCUT2D eigenvalue weighted by Crippen LogP contribution is -2.14. The molecule has 0 fully saturated rings. The van der Waals surface area contributed by atoms with Gasteiger partial charge in [0, 0.05) is 28.6 Å². The summed E-state index contributed by atoms with van der Waals surface area (Å²) in [7, 11) is 1.61. The van der Waals surface area contributed by atoms with Gasteiger partial charge in [-0.15, -0.1) is 0 Å². The van der Waals surface area contributed by atoms with Gasteiger partial charge in [0.25, 0.3) is 0 Å². The van der Waals surface area contributed by atoms with E-state index >= 15 is 0 Å². The molecular formula is C21H18N2O3. The van der Waals surface area contributed by atoms with Gasteiger partial charge in [0.15, 0.2) is 0 Å². The van der Waals surface area contributed by atoms with Crippen LogP contribution in [-0.4, -0.2) is 18.0 Å². The number of nitrogens with one attached hydrogen (secondary N) is 1. The summed E-state index contributed by atoms with van der Waals surface area (Å²) in [5, 5.41) is 4.84. The molecule has 0 atom stereocenters. The second-order valence-electron chi connectivity index (χ2n) is 6.18. The highest BCUT2D eigenvalue weighted by Crippen LogP contribution is 2.27. The number of anilines is 1. The van der Waals surface area contributed by atoms with E-state index < -0.39 is 0 Å². The van der Waals surface area contributed by atoms with Crippen molar-refractivity contribution in [1.29, 1.82) is 0 Å². The average Bonchev–Trinajstić information content (AvgIpc) is 3.06. The van der Waals surface area contributed by atoms with E-state index in [0.717, 1.165) is 38.9 Å². The van der Waals surface area contributed by atoms with Gasteiger partial charge in [0.2, 0.25) is 5.91 Å². The second-order valence-corrected chi connectivity index (χ2v) is 6.18. The summed E-state index contributed by atoms with van der Waals surface area (Å²) in [5.74, 6) is 0.624. The Morgan fingerprint density at radius 1 is 1.19 bits per heavy atom. The normalized spacial score (nSPS) is 11.0. The molecule has 1 amide bonds. The average molecular weight is 346 g/mol. The van der Waals surface area contributed by atoms with Crippen molar-refractivity contribution in [2.24, 2.45) is 0 Å². The number of hydrogen-bond donors (Lipinski definition) is 1. The minimum atomic E-state index is -0.0995. The molecule has 0 unspecified atom stereocenters. The summed E-state index contributed by atoms with van der Waals surface area (Å²) in [4.78, 5) is 17.0. The Hall–Kier alpha value is -3.34. The van der Waals surface area contributed by atoms with Crippen LogP contribution >= 0.6 is 0 Å². The summed E-state index contributed by atoms with van der Waals surface area (Å²) in [6.45, 7) is 2.01. The number of nitrogens with zero attached hydrogens (tertiary/aromatic N) is 1. The van der Waals surface area contributed by atoms with Gasteiger partial charge in [0.1, 0.15) is 11.3 Å². The first kappa shape index (κ1) is 16.1. The Kier molecular flexibility index (Phi) is 4.05. The lowest BCUT2D eigenvalue weighted by molar-refractivity contribution is -0.115. The van der Waals surface area contributed by atoms with Gasteiger partial charge in [-0.3, -0.25) is 9.78 Å². The van der Waals surface area contributed by atoms with Crippen LogP contribution in [0.3, 0.4) is 0 Å². The fraction of sp³-hybridized carbons (Fsp3) is 0.143. The van der Waals surface area contributed by atoms with Crippen molar-refractivity contribution in [1.82, 2.24) is 4.98 Å². The van der Waals surface area contributed by atoms with Crippen molar-refractivity contribution in [3.63, 3.8) is 0 Å². The minimum absolute atomic E-state index is 0.0995. The molecule has 4 aromatic rings. The minimum Gasteiger partial charge on any atom is -0.497 e. The number of hydrogen-bond acceptors (Lipinski definition) is 4. The summed E-state index contributed by atoms with van der Waals surface area (Å²) in [6.07, 6.45) is 3.61. The van der Waals surface area contributed by atoms with Crippen LogP contribution in [0.5, 0.6) is 5.75 Å². The summed E-state index contributed by atoms with van der Waals surface area (Å²) >= 11 is 0. The number of aromatic nitrogens is 1. The summed E-state index contributed by atoms with van der Waals surface area (Å²) < 4.78 is 10.8. The van der Waals surface area contributed by atoms with E-state index in [2.05, 4.69) is 10.3 Å². The van der Waals surface area contributed by atoms with Crippen molar-refractivity contribution >= 4 is 33.5 Å². The van der Waals surface area contributed by atoms with Crippen LogP contribution in [0.1, 0.15) is 11.1 Å². The zero-order chi connectivity index (χ0) is 18.1. The van der Waals surface area contributed by atoms with Gasteiger partial charge in [-0.25, -0.2) is 0 Å². The highest BCUT2D eigenvalue weighted by atomic mass is 16.5. The quantitative estimate of drug-likeness (QED) is 0.592. The van der Waals surface area contributed by atoms with E-state index in [1.165, 1.54) is 0 Å². The fourth-order valence-electron chi connectivity index (χ4n) is 3.12. The molecule has 2 heterocycles. The SMILES string of the molecule is COc1ccc2c(CC(=O)Nc3ccc(C)c4ncccc34)coc2c1. The Balaban J connectivity index is 1.59. The first-order chi connectivity index (χ1) is 12.7. The molecule has 1 N–H and O–H groups in total. The molecule has 130 valence electrons. The maximum atomic E-state index is 12.6. The molecule has 5 nitrogen and oxygen atoms in total. The van der Waals surface area contributed by atoms with Gasteiger partial charge >= 0.3 is 0 Å². The zero-order valence-electron chi connectivity index (χ0n) is 14.6. The van der Waals surface area contributed by atoms with Crippen molar-refractivity contribution in [2.75, 3.05) is 12.4 Å². The van der Waals surface area contributed by atoms with E-state index in [4.69, 9.17) is 9.15 Å². The molecule has 0 saturated heterocycles. The number of amides is 1. The maximum absolute atomic E-state index is 12.6. The van der Waals surface area contributed by atoms with Gasteiger partial charge < -0.3 is 14.5 Å². The zero-order valence-corrected chi connectivity index (χ0v) is 14.6. The largest absolute Gasteiger partial charge is 0.497 e. The van der Waals surface area contributed by atoms with E-state index in [0.29, 0.717) is 5.58 Å². The van der Waals surface area contributed by atoms with E-state index in [-0.39, 0.29) is 12.3 Å². The third-order valence-corrected chi connectivity index (χ3v) is 4.46. The van der Waals surface area contributed by atoms with Crippen molar-refractivity contribution in [3.8, 4) is 5.75 Å². The molecule has 0 aliphatic heterocycles. The topological polar surface area (TPSA) is 64.4 Å². The number of methoxy groups -OCH3 is 1. The lowest BCUT2D eigenvalue weighted by atomic mass is 10.1. The highest BCUT2D eigenvalue weighted by molar-refractivity contribution is 6.03. The van der Waals surface area contributed by atoms with Gasteiger partial charge in [0.05, 0.1) is 31.0 Å². The number of rotatable bonds is 4. The van der Waals surface area contributed by atoms with Gasteiger partial charge in [-0.2, -0.15) is 0 Å². The van der Waals surface area contributed by atoms with Crippen LogP contribution in [-0.2, 0) is 11.2 Å². The van der Waals surface area contributed by atoms with Gasteiger partial charge in [-0.05, 0) is 42.8 Å². The molecule has 0 spiro atoms. The van der Waals surface area contributed by atoms with E-state index in [9.17, 15) is 4.79 Å². The van der Waals surface area contributed by atoms with Crippen LogP contribution in [0.2, 0.25) is 0 Å². The number of pyridine rings is 1. The Bertz CT molecular complexity index is 1110. The molecule has 0 radical (unpaired) electrons. The molecule has 2 aromatic heterocycles. The summed E-state index contributed by atoms with van der Waals surface area (Å²) in [5.41, 5.74) is 4.28. The first-order valence-corrected chi connectivity index (χ1v) is 8.34. The van der Waals surface area contributed by atoms with Crippen LogP contribution in [0.25, 0.3) is 21.9 Å². The number of carbonyl (C=O) groups excluding carboxylic acids is 1. The molecule has 0 aliphatic rings. The predicted octanol–water partition coefficient (Wildman–Crippen LogP) is 4.48. The number of aryl methyl sites for hydroxylation is 1. The second kappa shape index (κ2) is 6.52. The van der Waals surface area contributed by atoms with Crippen molar-refractivity contribution in [2.45, 2.75) is 13.3 Å². The van der Waals surface area contributed by atoms with Crippen LogP contribution < -0.4 is 10.1 Å². The Morgan fingerprint density at radius 2 is 2.08 bits per heavy atom. The van der Waals surface area contributed by atoms with E-state index in [1.807, 2.05) is 49.4 Å². The highest BCUT2D eigenvalue weighted by Gasteiger charge is 2.13. The lowest BCUT2D eigenvalue weighted by Gasteiger charge is -2.09.